The lowest BCUT2D eigenvalue weighted by Gasteiger charge is -2.14. The van der Waals surface area contributed by atoms with Crippen LogP contribution in [0, 0.1) is 0 Å². The van der Waals surface area contributed by atoms with Gasteiger partial charge in [0.15, 0.2) is 0 Å². The highest BCUT2D eigenvalue weighted by Crippen LogP contribution is 2.25. The Kier molecular flexibility index (Phi) is 4.64. The lowest BCUT2D eigenvalue weighted by Crippen LogP contribution is -2.26. The van der Waals surface area contributed by atoms with Crippen LogP contribution in [0.1, 0.15) is 28.9 Å². The first-order valence-electron chi connectivity index (χ1n) is 6.31. The van der Waals surface area contributed by atoms with Crippen LogP contribution in [0.3, 0.4) is 0 Å². The highest BCUT2D eigenvalue weighted by Gasteiger charge is 2.12. The molecule has 0 bridgehead atoms. The summed E-state index contributed by atoms with van der Waals surface area (Å²) in [6.07, 6.45) is 0. The first-order chi connectivity index (χ1) is 9.61. The standard InChI is InChI=1S/C16H16ClNO2/c1-11(12-6-4-3-5-7-12)18-16(19)13-8-9-15(20-2)14(17)10-13/h3-11H,1-2H3,(H,18,19)/t11-/m0/s1. The smallest absolute Gasteiger partial charge is 0.251 e. The third-order valence-corrected chi connectivity index (χ3v) is 3.36. The van der Waals surface area contributed by atoms with E-state index in [1.807, 2.05) is 37.3 Å². The summed E-state index contributed by atoms with van der Waals surface area (Å²) in [5.74, 6) is 0.394. The fraction of sp³-hybridized carbons (Fsp3) is 0.188. The van der Waals surface area contributed by atoms with E-state index in [9.17, 15) is 4.79 Å². The minimum Gasteiger partial charge on any atom is -0.495 e. The van der Waals surface area contributed by atoms with E-state index in [4.69, 9.17) is 16.3 Å². The van der Waals surface area contributed by atoms with Gasteiger partial charge in [0.25, 0.3) is 5.91 Å². The predicted molar refractivity (Wildman–Crippen MR) is 80.3 cm³/mol. The summed E-state index contributed by atoms with van der Waals surface area (Å²) in [7, 11) is 1.54. The molecule has 0 radical (unpaired) electrons. The minimum absolute atomic E-state index is 0.0652. The zero-order valence-electron chi connectivity index (χ0n) is 11.4. The number of halogens is 1. The highest BCUT2D eigenvalue weighted by molar-refractivity contribution is 6.32. The van der Waals surface area contributed by atoms with Gasteiger partial charge in [0.05, 0.1) is 18.2 Å². The summed E-state index contributed by atoms with van der Waals surface area (Å²) in [5, 5.41) is 3.36. The fourth-order valence-corrected chi connectivity index (χ4v) is 2.17. The van der Waals surface area contributed by atoms with Crippen LogP contribution in [0.25, 0.3) is 0 Å². The lowest BCUT2D eigenvalue weighted by molar-refractivity contribution is 0.0940. The van der Waals surface area contributed by atoms with Gasteiger partial charge in [-0.2, -0.15) is 0 Å². The van der Waals surface area contributed by atoms with E-state index in [0.717, 1.165) is 5.56 Å². The number of methoxy groups -OCH3 is 1. The van der Waals surface area contributed by atoms with E-state index in [-0.39, 0.29) is 11.9 Å². The number of carbonyl (C=O) groups is 1. The molecule has 0 fully saturated rings. The average molecular weight is 290 g/mol. The molecule has 0 saturated heterocycles. The average Bonchev–Trinajstić information content (AvgIpc) is 2.48. The van der Waals surface area contributed by atoms with E-state index in [2.05, 4.69) is 5.32 Å². The van der Waals surface area contributed by atoms with E-state index in [1.54, 1.807) is 25.3 Å². The third kappa shape index (κ3) is 3.31. The van der Waals surface area contributed by atoms with Crippen molar-refractivity contribution in [2.75, 3.05) is 7.11 Å². The molecule has 0 saturated carbocycles. The largest absolute Gasteiger partial charge is 0.495 e. The SMILES string of the molecule is COc1ccc(C(=O)N[C@@H](C)c2ccccc2)cc1Cl. The Balaban J connectivity index is 2.10. The van der Waals surface area contributed by atoms with Crippen molar-refractivity contribution in [1.82, 2.24) is 5.32 Å². The molecule has 1 atom stereocenters. The van der Waals surface area contributed by atoms with Crippen molar-refractivity contribution in [3.63, 3.8) is 0 Å². The van der Waals surface area contributed by atoms with Crippen LogP contribution in [-0.2, 0) is 0 Å². The molecule has 0 aliphatic rings. The maximum atomic E-state index is 12.2. The normalized spacial score (nSPS) is 11.8. The van der Waals surface area contributed by atoms with Gasteiger partial charge in [-0.05, 0) is 30.7 Å². The number of amides is 1. The summed E-state index contributed by atoms with van der Waals surface area (Å²) in [6.45, 7) is 1.94. The van der Waals surface area contributed by atoms with Gasteiger partial charge in [0, 0.05) is 5.56 Å². The van der Waals surface area contributed by atoms with Crippen molar-refractivity contribution >= 4 is 17.5 Å². The van der Waals surface area contributed by atoms with Crippen molar-refractivity contribution in [3.05, 3.63) is 64.7 Å². The quantitative estimate of drug-likeness (QED) is 0.929. The van der Waals surface area contributed by atoms with E-state index < -0.39 is 0 Å². The Morgan fingerprint density at radius 1 is 1.20 bits per heavy atom. The number of ether oxygens (including phenoxy) is 1. The van der Waals surface area contributed by atoms with Crippen molar-refractivity contribution in [1.29, 1.82) is 0 Å². The van der Waals surface area contributed by atoms with Crippen LogP contribution in [0.4, 0.5) is 0 Å². The molecule has 0 spiro atoms. The van der Waals surface area contributed by atoms with Crippen LogP contribution in [0.5, 0.6) is 5.75 Å². The molecule has 0 unspecified atom stereocenters. The molecular weight excluding hydrogens is 274 g/mol. The van der Waals surface area contributed by atoms with Crippen molar-refractivity contribution in [3.8, 4) is 5.75 Å². The lowest BCUT2D eigenvalue weighted by atomic mass is 10.1. The Bertz CT molecular complexity index is 599. The molecule has 1 amide bonds. The number of benzene rings is 2. The second kappa shape index (κ2) is 6.44. The monoisotopic (exact) mass is 289 g/mol. The maximum absolute atomic E-state index is 12.2. The summed E-state index contributed by atoms with van der Waals surface area (Å²) in [4.78, 5) is 12.2. The van der Waals surface area contributed by atoms with E-state index >= 15 is 0 Å². The summed E-state index contributed by atoms with van der Waals surface area (Å²) in [6, 6.07) is 14.7. The highest BCUT2D eigenvalue weighted by atomic mass is 35.5. The van der Waals surface area contributed by atoms with Gasteiger partial charge in [-0.25, -0.2) is 0 Å². The summed E-state index contributed by atoms with van der Waals surface area (Å²) < 4.78 is 5.07. The molecule has 20 heavy (non-hydrogen) atoms. The van der Waals surface area contributed by atoms with Gasteiger partial charge < -0.3 is 10.1 Å². The van der Waals surface area contributed by atoms with Crippen LogP contribution < -0.4 is 10.1 Å². The van der Waals surface area contributed by atoms with E-state index in [0.29, 0.717) is 16.3 Å². The maximum Gasteiger partial charge on any atom is 0.251 e. The van der Waals surface area contributed by atoms with Crippen molar-refractivity contribution < 1.29 is 9.53 Å². The molecule has 0 heterocycles. The minimum atomic E-state index is -0.161. The van der Waals surface area contributed by atoms with Crippen LogP contribution in [0.2, 0.25) is 5.02 Å². The number of nitrogens with one attached hydrogen (secondary N) is 1. The molecule has 104 valence electrons. The Morgan fingerprint density at radius 2 is 1.90 bits per heavy atom. The van der Waals surface area contributed by atoms with Gasteiger partial charge in [0.1, 0.15) is 5.75 Å². The topological polar surface area (TPSA) is 38.3 Å². The van der Waals surface area contributed by atoms with Gasteiger partial charge in [0.2, 0.25) is 0 Å². The van der Waals surface area contributed by atoms with Crippen molar-refractivity contribution in [2.45, 2.75) is 13.0 Å². The second-order valence-electron chi connectivity index (χ2n) is 4.46. The Labute approximate surface area is 123 Å². The second-order valence-corrected chi connectivity index (χ2v) is 4.86. The molecule has 0 aliphatic heterocycles. The molecule has 0 aromatic heterocycles. The number of rotatable bonds is 4. The number of hydrogen-bond donors (Lipinski definition) is 1. The molecule has 2 aromatic rings. The zero-order valence-corrected chi connectivity index (χ0v) is 12.1. The van der Waals surface area contributed by atoms with Crippen molar-refractivity contribution in [2.24, 2.45) is 0 Å². The third-order valence-electron chi connectivity index (χ3n) is 3.06. The molecule has 3 nitrogen and oxygen atoms in total. The summed E-state index contributed by atoms with van der Waals surface area (Å²) >= 11 is 6.02. The Morgan fingerprint density at radius 3 is 2.50 bits per heavy atom. The van der Waals surface area contributed by atoms with Gasteiger partial charge in [-0.1, -0.05) is 41.9 Å². The predicted octanol–water partition coefficient (Wildman–Crippen LogP) is 3.84. The summed E-state index contributed by atoms with van der Waals surface area (Å²) in [5.41, 5.74) is 1.57. The molecular formula is C16H16ClNO2. The van der Waals surface area contributed by atoms with Gasteiger partial charge >= 0.3 is 0 Å². The molecule has 2 rings (SSSR count). The molecule has 2 aromatic carbocycles. The van der Waals surface area contributed by atoms with E-state index in [1.165, 1.54) is 0 Å². The van der Waals surface area contributed by atoms with Crippen LogP contribution >= 0.6 is 11.6 Å². The molecule has 4 heteroatoms. The first kappa shape index (κ1) is 14.4. The Hall–Kier alpha value is -2.00. The first-order valence-corrected chi connectivity index (χ1v) is 6.69. The van der Waals surface area contributed by atoms with Crippen LogP contribution in [0.15, 0.2) is 48.5 Å². The zero-order chi connectivity index (χ0) is 14.5. The number of hydrogen-bond acceptors (Lipinski definition) is 2. The molecule has 0 aliphatic carbocycles. The van der Waals surface area contributed by atoms with Gasteiger partial charge in [-0.3, -0.25) is 4.79 Å². The number of carbonyl (C=O) groups excluding carboxylic acids is 1. The van der Waals surface area contributed by atoms with Gasteiger partial charge in [-0.15, -0.1) is 0 Å². The fourth-order valence-electron chi connectivity index (χ4n) is 1.91. The van der Waals surface area contributed by atoms with Crippen LogP contribution in [-0.4, -0.2) is 13.0 Å². The molecule has 1 N–H and O–H groups in total.